The standard InChI is InChI=1S/C31H32BNO6/c1-30(2)31(3,4)39-32(38-30)22(16-20-13-14-28(35)21(15-20)18-34)17-33-29(36)37-19-27-25-11-7-5-9-23(25)24-10-6-8-12-26(24)27/h5-16,18,27,35H,17,19H2,1-4H3,(H,33,36). The van der Waals surface area contributed by atoms with Gasteiger partial charge in [0.1, 0.15) is 12.4 Å². The number of alkyl carbamates (subject to hydrolysis) is 1. The van der Waals surface area contributed by atoms with Gasteiger partial charge in [-0.1, -0.05) is 60.7 Å². The Balaban J connectivity index is 1.32. The molecule has 8 heteroatoms. The number of aromatic hydroxyl groups is 1. The minimum Gasteiger partial charge on any atom is -0.507 e. The molecule has 1 amide bonds. The summed E-state index contributed by atoms with van der Waals surface area (Å²) in [6.07, 6.45) is 1.83. The van der Waals surface area contributed by atoms with Crippen molar-refractivity contribution in [1.29, 1.82) is 0 Å². The third kappa shape index (κ3) is 5.22. The Hall–Kier alpha value is -3.88. The van der Waals surface area contributed by atoms with Gasteiger partial charge in [-0.3, -0.25) is 4.79 Å². The fourth-order valence-corrected chi connectivity index (χ4v) is 4.99. The van der Waals surface area contributed by atoms with Crippen LogP contribution in [0.4, 0.5) is 4.79 Å². The van der Waals surface area contributed by atoms with E-state index in [0.717, 1.165) is 22.3 Å². The van der Waals surface area contributed by atoms with Crippen LogP contribution in [-0.4, -0.2) is 49.0 Å². The molecule has 1 heterocycles. The summed E-state index contributed by atoms with van der Waals surface area (Å²) in [4.78, 5) is 24.2. The average molecular weight is 525 g/mol. The topological polar surface area (TPSA) is 94.1 Å². The van der Waals surface area contributed by atoms with Gasteiger partial charge in [-0.15, -0.1) is 0 Å². The Morgan fingerprint density at radius 3 is 2.15 bits per heavy atom. The molecule has 5 rings (SSSR count). The highest BCUT2D eigenvalue weighted by atomic mass is 16.7. The number of phenolic OH excluding ortho intramolecular Hbond substituents is 1. The van der Waals surface area contributed by atoms with Crippen molar-refractivity contribution in [2.24, 2.45) is 0 Å². The second kappa shape index (κ2) is 10.4. The average Bonchev–Trinajstić information content (AvgIpc) is 3.35. The van der Waals surface area contributed by atoms with Crippen LogP contribution in [0.2, 0.25) is 0 Å². The molecular weight excluding hydrogens is 493 g/mol. The zero-order valence-corrected chi connectivity index (χ0v) is 22.6. The van der Waals surface area contributed by atoms with E-state index in [0.29, 0.717) is 17.3 Å². The molecule has 2 N–H and O–H groups in total. The maximum atomic E-state index is 12.9. The number of fused-ring (bicyclic) bond motifs is 3. The van der Waals surface area contributed by atoms with Crippen LogP contribution in [0, 0.1) is 0 Å². The molecule has 0 saturated carbocycles. The van der Waals surface area contributed by atoms with Crippen LogP contribution in [0.25, 0.3) is 17.2 Å². The van der Waals surface area contributed by atoms with Gasteiger partial charge in [0, 0.05) is 12.5 Å². The fraction of sp³-hybridized carbons (Fsp3) is 0.290. The van der Waals surface area contributed by atoms with Crippen LogP contribution < -0.4 is 5.32 Å². The van der Waals surface area contributed by atoms with E-state index in [4.69, 9.17) is 14.0 Å². The molecule has 0 bridgehead atoms. The lowest BCUT2D eigenvalue weighted by Gasteiger charge is -2.32. The maximum Gasteiger partial charge on any atom is 0.492 e. The fourth-order valence-electron chi connectivity index (χ4n) is 4.99. The predicted molar refractivity (Wildman–Crippen MR) is 151 cm³/mol. The van der Waals surface area contributed by atoms with Gasteiger partial charge in [0.2, 0.25) is 0 Å². The first-order valence-electron chi connectivity index (χ1n) is 13.0. The van der Waals surface area contributed by atoms with E-state index in [1.807, 2.05) is 52.0 Å². The molecule has 0 atom stereocenters. The number of phenols is 1. The minimum absolute atomic E-state index is 0.0416. The molecule has 7 nitrogen and oxygen atoms in total. The molecule has 0 radical (unpaired) electrons. The summed E-state index contributed by atoms with van der Waals surface area (Å²) in [6.45, 7) is 8.12. The number of benzene rings is 3. The molecule has 1 saturated heterocycles. The summed E-state index contributed by atoms with van der Waals surface area (Å²) in [5.41, 5.74) is 4.92. The summed E-state index contributed by atoms with van der Waals surface area (Å²) < 4.78 is 18.2. The normalized spacial score (nSPS) is 17.4. The van der Waals surface area contributed by atoms with E-state index in [1.165, 1.54) is 6.07 Å². The number of ether oxygens (including phenoxy) is 1. The second-order valence-electron chi connectivity index (χ2n) is 10.9. The number of hydrogen-bond acceptors (Lipinski definition) is 6. The summed E-state index contributed by atoms with van der Waals surface area (Å²) in [7, 11) is -0.725. The largest absolute Gasteiger partial charge is 0.507 e. The highest BCUT2D eigenvalue weighted by molar-refractivity contribution is 6.56. The first-order valence-corrected chi connectivity index (χ1v) is 13.0. The van der Waals surface area contributed by atoms with E-state index in [2.05, 4.69) is 29.6 Å². The molecule has 1 fully saturated rings. The quantitative estimate of drug-likeness (QED) is 0.301. The van der Waals surface area contributed by atoms with Crippen molar-refractivity contribution in [2.45, 2.75) is 44.8 Å². The van der Waals surface area contributed by atoms with Crippen LogP contribution in [0.1, 0.15) is 60.7 Å². The van der Waals surface area contributed by atoms with Gasteiger partial charge >= 0.3 is 13.2 Å². The number of nitrogens with one attached hydrogen (secondary N) is 1. The van der Waals surface area contributed by atoms with Gasteiger partial charge < -0.3 is 24.5 Å². The van der Waals surface area contributed by atoms with Gasteiger partial charge in [-0.25, -0.2) is 4.79 Å². The summed E-state index contributed by atoms with van der Waals surface area (Å²) in [5.74, 6) is -0.142. The minimum atomic E-state index is -0.725. The summed E-state index contributed by atoms with van der Waals surface area (Å²) >= 11 is 0. The highest BCUT2D eigenvalue weighted by Crippen LogP contribution is 2.44. The van der Waals surface area contributed by atoms with Gasteiger partial charge in [0.25, 0.3) is 0 Å². The molecule has 2 aliphatic rings. The van der Waals surface area contributed by atoms with Gasteiger partial charge in [0.15, 0.2) is 6.29 Å². The van der Waals surface area contributed by atoms with Crippen molar-refractivity contribution in [3.8, 4) is 16.9 Å². The molecule has 200 valence electrons. The van der Waals surface area contributed by atoms with Crippen LogP contribution in [0.15, 0.2) is 72.2 Å². The van der Waals surface area contributed by atoms with Crippen LogP contribution >= 0.6 is 0 Å². The van der Waals surface area contributed by atoms with Crippen molar-refractivity contribution in [3.63, 3.8) is 0 Å². The summed E-state index contributed by atoms with van der Waals surface area (Å²) in [5, 5.41) is 12.7. The SMILES string of the molecule is CC1(C)OB(C(=Cc2ccc(O)c(C=O)c2)CNC(=O)OCC2c3ccccc3-c3ccccc32)OC1(C)C. The molecule has 0 unspecified atom stereocenters. The van der Waals surface area contributed by atoms with E-state index in [9.17, 15) is 14.7 Å². The first kappa shape index (κ1) is 26.7. The lowest BCUT2D eigenvalue weighted by molar-refractivity contribution is 0.00578. The smallest absolute Gasteiger partial charge is 0.492 e. The third-order valence-electron chi connectivity index (χ3n) is 7.87. The Kier molecular flexibility index (Phi) is 7.10. The maximum absolute atomic E-state index is 12.9. The molecule has 1 aliphatic carbocycles. The lowest BCUT2D eigenvalue weighted by atomic mass is 9.77. The van der Waals surface area contributed by atoms with Crippen molar-refractivity contribution in [2.75, 3.05) is 13.2 Å². The molecule has 3 aromatic carbocycles. The third-order valence-corrected chi connectivity index (χ3v) is 7.87. The molecular formula is C31H32BNO6. The number of amides is 1. The van der Waals surface area contributed by atoms with E-state index in [-0.39, 0.29) is 30.4 Å². The zero-order chi connectivity index (χ0) is 27.8. The van der Waals surface area contributed by atoms with Crippen molar-refractivity contribution < 1.29 is 28.7 Å². The Morgan fingerprint density at radius 2 is 1.56 bits per heavy atom. The number of rotatable bonds is 7. The zero-order valence-electron chi connectivity index (χ0n) is 22.6. The Bertz CT molecular complexity index is 1380. The molecule has 3 aromatic rings. The van der Waals surface area contributed by atoms with Gasteiger partial charge in [-0.05, 0) is 73.1 Å². The number of carbonyl (C=O) groups excluding carboxylic acids is 2. The van der Waals surface area contributed by atoms with E-state index in [1.54, 1.807) is 18.2 Å². The van der Waals surface area contributed by atoms with Crippen LogP contribution in [-0.2, 0) is 14.0 Å². The second-order valence-corrected chi connectivity index (χ2v) is 10.9. The van der Waals surface area contributed by atoms with E-state index >= 15 is 0 Å². The number of hydrogen-bond donors (Lipinski definition) is 2. The monoisotopic (exact) mass is 525 g/mol. The predicted octanol–water partition coefficient (Wildman–Crippen LogP) is 5.76. The van der Waals surface area contributed by atoms with E-state index < -0.39 is 24.4 Å². The van der Waals surface area contributed by atoms with Gasteiger partial charge in [0.05, 0.1) is 16.8 Å². The molecule has 39 heavy (non-hydrogen) atoms. The van der Waals surface area contributed by atoms with Crippen LogP contribution in [0.5, 0.6) is 5.75 Å². The number of aldehydes is 1. The number of carbonyl (C=O) groups is 2. The first-order chi connectivity index (χ1) is 18.6. The van der Waals surface area contributed by atoms with Crippen molar-refractivity contribution >= 4 is 25.6 Å². The molecule has 1 aliphatic heterocycles. The Labute approximate surface area is 228 Å². The Morgan fingerprint density at radius 1 is 0.974 bits per heavy atom. The molecule has 0 spiro atoms. The molecule has 0 aromatic heterocycles. The van der Waals surface area contributed by atoms with Gasteiger partial charge in [-0.2, -0.15) is 0 Å². The van der Waals surface area contributed by atoms with Crippen molar-refractivity contribution in [1.82, 2.24) is 5.32 Å². The summed E-state index contributed by atoms with van der Waals surface area (Å²) in [6, 6.07) is 21.1. The highest BCUT2D eigenvalue weighted by Gasteiger charge is 2.52. The lowest BCUT2D eigenvalue weighted by Crippen LogP contribution is -2.41. The van der Waals surface area contributed by atoms with Crippen molar-refractivity contribution in [3.05, 3.63) is 94.5 Å². The van der Waals surface area contributed by atoms with Crippen LogP contribution in [0.3, 0.4) is 0 Å².